The molecule has 26 heavy (non-hydrogen) atoms. The highest BCUT2D eigenvalue weighted by Crippen LogP contribution is 2.30. The molecule has 0 aliphatic carbocycles. The number of carbonyl (C=O) groups is 1. The number of carbonyl (C=O) groups excluding carboxylic acids is 1. The summed E-state index contributed by atoms with van der Waals surface area (Å²) in [5.41, 5.74) is 5.94. The molecule has 0 radical (unpaired) electrons. The molecule has 1 aromatic carbocycles. The number of primary amides is 1. The third-order valence-electron chi connectivity index (χ3n) is 3.28. The number of nitrogens with one attached hydrogen (secondary N) is 2. The van der Waals surface area contributed by atoms with Crippen molar-refractivity contribution in [2.24, 2.45) is 10.7 Å². The molecule has 142 valence electrons. The van der Waals surface area contributed by atoms with Gasteiger partial charge in [0.25, 0.3) is 5.91 Å². The molecule has 1 amide bonds. The number of furan rings is 1. The van der Waals surface area contributed by atoms with E-state index in [0.717, 1.165) is 5.69 Å². The van der Waals surface area contributed by atoms with Crippen LogP contribution in [0.1, 0.15) is 23.2 Å². The van der Waals surface area contributed by atoms with Gasteiger partial charge in [0.1, 0.15) is 5.76 Å². The summed E-state index contributed by atoms with van der Waals surface area (Å²) in [6, 6.07) is 8.71. The lowest BCUT2D eigenvalue weighted by atomic mass is 10.2. The summed E-state index contributed by atoms with van der Waals surface area (Å²) >= 11 is 0. The number of halogens is 1. The van der Waals surface area contributed by atoms with Gasteiger partial charge in [-0.05, 0) is 31.2 Å². The number of amides is 1. The second-order valence-electron chi connectivity index (χ2n) is 4.98. The lowest BCUT2D eigenvalue weighted by molar-refractivity contribution is 0.0972. The third kappa shape index (κ3) is 5.83. The van der Waals surface area contributed by atoms with Crippen LogP contribution in [0, 0.1) is 0 Å². The number of rotatable bonds is 7. The maximum Gasteiger partial charge on any atom is 0.284 e. The Labute approximate surface area is 169 Å². The number of benzene rings is 1. The van der Waals surface area contributed by atoms with Gasteiger partial charge in [0.15, 0.2) is 23.2 Å². The molecule has 1 heterocycles. The molecular weight excluding hydrogens is 451 g/mol. The van der Waals surface area contributed by atoms with Crippen molar-refractivity contribution < 1.29 is 18.7 Å². The Morgan fingerprint density at radius 2 is 2.04 bits per heavy atom. The smallest absolute Gasteiger partial charge is 0.284 e. The molecule has 0 saturated carbocycles. The molecule has 0 fully saturated rings. The second kappa shape index (κ2) is 10.5. The number of hydrogen-bond donors (Lipinski definition) is 3. The molecule has 9 heteroatoms. The van der Waals surface area contributed by atoms with Crippen molar-refractivity contribution in [3.05, 3.63) is 41.9 Å². The molecule has 2 aromatic rings. The van der Waals surface area contributed by atoms with Crippen LogP contribution in [0.2, 0.25) is 0 Å². The number of guanidine groups is 1. The van der Waals surface area contributed by atoms with Gasteiger partial charge in [0.05, 0.1) is 20.3 Å². The number of aliphatic imine (C=N–C) groups is 1. The molecular formula is C17H23IN4O4. The van der Waals surface area contributed by atoms with Gasteiger partial charge in [-0.3, -0.25) is 9.79 Å². The molecule has 0 aliphatic rings. The van der Waals surface area contributed by atoms with Gasteiger partial charge < -0.3 is 30.3 Å². The summed E-state index contributed by atoms with van der Waals surface area (Å²) in [6.07, 6.45) is 0. The molecule has 1 aromatic heterocycles. The molecule has 0 unspecified atom stereocenters. The van der Waals surface area contributed by atoms with Crippen LogP contribution >= 0.6 is 24.0 Å². The summed E-state index contributed by atoms with van der Waals surface area (Å²) in [7, 11) is 3.24. The maximum absolute atomic E-state index is 11.0. The van der Waals surface area contributed by atoms with Gasteiger partial charge in [-0.15, -0.1) is 24.0 Å². The highest BCUT2D eigenvalue weighted by atomic mass is 127. The Morgan fingerprint density at radius 3 is 2.62 bits per heavy atom. The second-order valence-corrected chi connectivity index (χ2v) is 4.98. The third-order valence-corrected chi connectivity index (χ3v) is 3.28. The number of nitrogens with two attached hydrogens (primary N) is 1. The van der Waals surface area contributed by atoms with E-state index < -0.39 is 5.91 Å². The number of hydrogen-bond acceptors (Lipinski definition) is 5. The predicted molar refractivity (Wildman–Crippen MR) is 111 cm³/mol. The van der Waals surface area contributed by atoms with Crippen molar-refractivity contribution in [3.63, 3.8) is 0 Å². The van der Waals surface area contributed by atoms with E-state index in [4.69, 9.17) is 19.6 Å². The van der Waals surface area contributed by atoms with E-state index in [1.165, 1.54) is 6.07 Å². The van der Waals surface area contributed by atoms with Gasteiger partial charge in [-0.25, -0.2) is 0 Å². The predicted octanol–water partition coefficient (Wildman–Crippen LogP) is 2.59. The minimum absolute atomic E-state index is 0. The summed E-state index contributed by atoms with van der Waals surface area (Å²) in [4.78, 5) is 15.2. The zero-order chi connectivity index (χ0) is 18.2. The number of nitrogens with zero attached hydrogens (tertiary/aromatic N) is 1. The summed E-state index contributed by atoms with van der Waals surface area (Å²) in [6.45, 7) is 2.82. The first-order valence-corrected chi connectivity index (χ1v) is 7.74. The number of ether oxygens (including phenoxy) is 2. The summed E-state index contributed by atoms with van der Waals surface area (Å²) < 4.78 is 16.1. The van der Waals surface area contributed by atoms with Gasteiger partial charge in [0.2, 0.25) is 0 Å². The molecule has 0 atom stereocenters. The molecule has 0 bridgehead atoms. The van der Waals surface area contributed by atoms with E-state index in [-0.39, 0.29) is 29.7 Å². The van der Waals surface area contributed by atoms with Crippen molar-refractivity contribution in [3.8, 4) is 11.5 Å². The van der Waals surface area contributed by atoms with E-state index in [2.05, 4.69) is 15.6 Å². The van der Waals surface area contributed by atoms with Gasteiger partial charge in [-0.2, -0.15) is 0 Å². The summed E-state index contributed by atoms with van der Waals surface area (Å²) in [5, 5.41) is 6.23. The van der Waals surface area contributed by atoms with Crippen LogP contribution in [0.3, 0.4) is 0 Å². The fourth-order valence-electron chi connectivity index (χ4n) is 2.11. The highest BCUT2D eigenvalue weighted by Gasteiger charge is 2.09. The molecule has 0 aliphatic heterocycles. The Bertz CT molecular complexity index is 761. The zero-order valence-corrected chi connectivity index (χ0v) is 17.2. The standard InChI is InChI=1S/C17H22N4O4.HI/c1-4-24-13-7-5-11(9-15(13)23-3)21-17(19-2)20-10-12-6-8-14(25-12)16(18)22;/h5-9H,4,10H2,1-3H3,(H2,18,22)(H2,19,20,21);1H. The maximum atomic E-state index is 11.0. The van der Waals surface area contributed by atoms with Crippen LogP contribution in [0.4, 0.5) is 5.69 Å². The lowest BCUT2D eigenvalue weighted by Gasteiger charge is -2.14. The van der Waals surface area contributed by atoms with E-state index in [0.29, 0.717) is 36.4 Å². The lowest BCUT2D eigenvalue weighted by Crippen LogP contribution is -2.30. The van der Waals surface area contributed by atoms with Gasteiger partial charge in [0, 0.05) is 18.8 Å². The van der Waals surface area contributed by atoms with E-state index in [1.54, 1.807) is 20.2 Å². The number of methoxy groups -OCH3 is 1. The van der Waals surface area contributed by atoms with Crippen LogP contribution in [-0.4, -0.2) is 32.6 Å². The van der Waals surface area contributed by atoms with E-state index in [1.807, 2.05) is 25.1 Å². The first-order valence-electron chi connectivity index (χ1n) is 7.74. The average Bonchev–Trinajstić information content (AvgIpc) is 3.09. The fourth-order valence-corrected chi connectivity index (χ4v) is 2.11. The van der Waals surface area contributed by atoms with Crippen molar-refractivity contribution in [2.45, 2.75) is 13.5 Å². The van der Waals surface area contributed by atoms with E-state index >= 15 is 0 Å². The highest BCUT2D eigenvalue weighted by molar-refractivity contribution is 14.0. The zero-order valence-electron chi connectivity index (χ0n) is 14.9. The molecule has 0 saturated heterocycles. The Balaban J connectivity index is 0.00000338. The van der Waals surface area contributed by atoms with Crippen molar-refractivity contribution in [1.82, 2.24) is 5.32 Å². The summed E-state index contributed by atoms with van der Waals surface area (Å²) in [5.74, 6) is 1.92. The Hall–Kier alpha value is -2.43. The monoisotopic (exact) mass is 474 g/mol. The van der Waals surface area contributed by atoms with Gasteiger partial charge >= 0.3 is 0 Å². The molecule has 2 rings (SSSR count). The largest absolute Gasteiger partial charge is 0.493 e. The quantitative estimate of drug-likeness (QED) is 0.323. The molecule has 4 N–H and O–H groups in total. The average molecular weight is 474 g/mol. The molecule has 0 spiro atoms. The molecule has 8 nitrogen and oxygen atoms in total. The van der Waals surface area contributed by atoms with Crippen LogP contribution in [0.5, 0.6) is 11.5 Å². The first-order chi connectivity index (χ1) is 12.1. The topological polar surface area (TPSA) is 111 Å². The van der Waals surface area contributed by atoms with Crippen LogP contribution in [0.25, 0.3) is 0 Å². The SMILES string of the molecule is CCOc1ccc(NC(=NC)NCc2ccc(C(N)=O)o2)cc1OC.I. The van der Waals surface area contributed by atoms with E-state index in [9.17, 15) is 4.79 Å². The van der Waals surface area contributed by atoms with Crippen molar-refractivity contribution >= 4 is 41.5 Å². The van der Waals surface area contributed by atoms with Gasteiger partial charge in [-0.1, -0.05) is 0 Å². The normalized spacial score (nSPS) is 10.7. The van der Waals surface area contributed by atoms with Crippen LogP contribution < -0.4 is 25.8 Å². The Morgan fingerprint density at radius 1 is 1.27 bits per heavy atom. The minimum Gasteiger partial charge on any atom is -0.493 e. The van der Waals surface area contributed by atoms with Crippen LogP contribution in [-0.2, 0) is 6.54 Å². The Kier molecular flexibility index (Phi) is 8.76. The number of anilines is 1. The fraction of sp³-hybridized carbons (Fsp3) is 0.294. The first kappa shape index (κ1) is 21.6. The van der Waals surface area contributed by atoms with Crippen molar-refractivity contribution in [1.29, 1.82) is 0 Å². The van der Waals surface area contributed by atoms with Crippen molar-refractivity contribution in [2.75, 3.05) is 26.1 Å². The van der Waals surface area contributed by atoms with Crippen LogP contribution in [0.15, 0.2) is 39.7 Å². The minimum atomic E-state index is -0.602.